The fraction of sp³-hybridized carbons (Fsp3) is 0.0455. The molecule has 0 saturated carbocycles. The van der Waals surface area contributed by atoms with E-state index in [0.29, 0.717) is 32.7 Å². The van der Waals surface area contributed by atoms with Gasteiger partial charge in [-0.1, -0.05) is 41.4 Å². The van der Waals surface area contributed by atoms with E-state index in [9.17, 15) is 14.4 Å². The standard InChI is InChI=1S/C22H13Cl2NO5S/c23-16-6-4-12(8-17(16)24)11-25-20(26)19(31-22(25)29)10-15-5-7-18(30-15)13-2-1-3-14(9-13)21(27)28/h1-10H,11H2,(H,27,28)/b19-10-. The lowest BCUT2D eigenvalue weighted by Crippen LogP contribution is -2.27. The molecule has 156 valence electrons. The summed E-state index contributed by atoms with van der Waals surface area (Å²) in [4.78, 5) is 37.6. The Morgan fingerprint density at radius 2 is 1.87 bits per heavy atom. The van der Waals surface area contributed by atoms with Gasteiger partial charge in [-0.05, 0) is 53.7 Å². The van der Waals surface area contributed by atoms with E-state index in [0.717, 1.165) is 16.7 Å². The van der Waals surface area contributed by atoms with Crippen molar-refractivity contribution in [3.63, 3.8) is 0 Å². The van der Waals surface area contributed by atoms with E-state index in [1.165, 1.54) is 18.2 Å². The minimum Gasteiger partial charge on any atom is -0.478 e. The number of carbonyl (C=O) groups is 3. The van der Waals surface area contributed by atoms with E-state index < -0.39 is 17.1 Å². The van der Waals surface area contributed by atoms with Crippen LogP contribution in [0.25, 0.3) is 17.4 Å². The summed E-state index contributed by atoms with van der Waals surface area (Å²) in [6.45, 7) is 0.0737. The van der Waals surface area contributed by atoms with Gasteiger partial charge in [0.05, 0.1) is 27.1 Å². The van der Waals surface area contributed by atoms with E-state index in [4.69, 9.17) is 32.7 Å². The van der Waals surface area contributed by atoms with Gasteiger partial charge in [-0.2, -0.15) is 0 Å². The first-order valence-corrected chi connectivity index (χ1v) is 10.5. The number of rotatable bonds is 5. The zero-order valence-electron chi connectivity index (χ0n) is 15.7. The summed E-state index contributed by atoms with van der Waals surface area (Å²) in [5.74, 6) is -0.656. The Morgan fingerprint density at radius 1 is 1.06 bits per heavy atom. The van der Waals surface area contributed by atoms with Crippen molar-refractivity contribution in [1.82, 2.24) is 4.90 Å². The van der Waals surface area contributed by atoms with Crippen LogP contribution in [0.1, 0.15) is 21.7 Å². The van der Waals surface area contributed by atoms with Crippen LogP contribution in [0, 0.1) is 0 Å². The summed E-state index contributed by atoms with van der Waals surface area (Å²) < 4.78 is 5.74. The van der Waals surface area contributed by atoms with Crippen LogP contribution in [-0.4, -0.2) is 27.1 Å². The maximum absolute atomic E-state index is 12.7. The molecule has 0 aliphatic carbocycles. The van der Waals surface area contributed by atoms with Crippen LogP contribution >= 0.6 is 35.0 Å². The number of hydrogen-bond acceptors (Lipinski definition) is 5. The maximum Gasteiger partial charge on any atom is 0.335 e. The van der Waals surface area contributed by atoms with Crippen molar-refractivity contribution in [3.8, 4) is 11.3 Å². The van der Waals surface area contributed by atoms with Crippen molar-refractivity contribution in [2.45, 2.75) is 6.54 Å². The fourth-order valence-corrected chi connectivity index (χ4v) is 4.12. The third-order valence-corrected chi connectivity index (χ3v) is 6.14. The van der Waals surface area contributed by atoms with Gasteiger partial charge in [-0.3, -0.25) is 14.5 Å². The zero-order valence-corrected chi connectivity index (χ0v) is 18.0. The van der Waals surface area contributed by atoms with Gasteiger partial charge in [0, 0.05) is 11.6 Å². The van der Waals surface area contributed by atoms with Gasteiger partial charge < -0.3 is 9.52 Å². The molecular weight excluding hydrogens is 461 g/mol. The van der Waals surface area contributed by atoms with Gasteiger partial charge in [0.1, 0.15) is 11.5 Å². The van der Waals surface area contributed by atoms with E-state index in [1.807, 2.05) is 0 Å². The highest BCUT2D eigenvalue weighted by Gasteiger charge is 2.35. The number of furan rings is 1. The molecule has 1 fully saturated rings. The van der Waals surface area contributed by atoms with Crippen molar-refractivity contribution in [2.24, 2.45) is 0 Å². The molecule has 31 heavy (non-hydrogen) atoms. The van der Waals surface area contributed by atoms with Gasteiger partial charge in [0.2, 0.25) is 0 Å². The Kier molecular flexibility index (Phi) is 5.91. The highest BCUT2D eigenvalue weighted by atomic mass is 35.5. The second kappa shape index (κ2) is 8.63. The number of carboxylic acids is 1. The average Bonchev–Trinajstić information content (AvgIpc) is 3.31. The molecule has 4 rings (SSSR count). The summed E-state index contributed by atoms with van der Waals surface area (Å²) in [5.41, 5.74) is 1.41. The van der Waals surface area contributed by atoms with E-state index >= 15 is 0 Å². The van der Waals surface area contributed by atoms with Gasteiger partial charge >= 0.3 is 5.97 Å². The van der Waals surface area contributed by atoms with Crippen molar-refractivity contribution in [1.29, 1.82) is 0 Å². The van der Waals surface area contributed by atoms with Crippen LogP contribution in [0.4, 0.5) is 4.79 Å². The molecule has 2 amide bonds. The molecule has 0 atom stereocenters. The Bertz CT molecular complexity index is 1250. The van der Waals surface area contributed by atoms with Crippen LogP contribution in [-0.2, 0) is 11.3 Å². The lowest BCUT2D eigenvalue weighted by atomic mass is 10.1. The average molecular weight is 474 g/mol. The SMILES string of the molecule is O=C(O)c1cccc(-c2ccc(/C=C3\SC(=O)N(Cc4ccc(Cl)c(Cl)c4)C3=O)o2)c1. The first-order valence-electron chi connectivity index (χ1n) is 8.94. The van der Waals surface area contributed by atoms with Crippen molar-refractivity contribution >= 4 is 58.2 Å². The molecule has 0 spiro atoms. The minimum atomic E-state index is -1.04. The van der Waals surface area contributed by atoms with Gasteiger partial charge in [0.15, 0.2) is 0 Å². The predicted octanol–water partition coefficient (Wildman–Crippen LogP) is 6.19. The molecule has 0 radical (unpaired) electrons. The van der Waals surface area contributed by atoms with E-state index in [1.54, 1.807) is 42.5 Å². The Balaban J connectivity index is 1.54. The summed E-state index contributed by atoms with van der Waals surface area (Å²) in [6.07, 6.45) is 1.49. The van der Waals surface area contributed by atoms with Crippen LogP contribution in [0.2, 0.25) is 10.0 Å². The second-order valence-electron chi connectivity index (χ2n) is 6.60. The monoisotopic (exact) mass is 473 g/mol. The van der Waals surface area contributed by atoms with Crippen LogP contribution in [0.5, 0.6) is 0 Å². The molecule has 1 aliphatic heterocycles. The Morgan fingerprint density at radius 3 is 2.61 bits per heavy atom. The number of hydrogen-bond donors (Lipinski definition) is 1. The number of imide groups is 1. The van der Waals surface area contributed by atoms with Crippen molar-refractivity contribution in [2.75, 3.05) is 0 Å². The van der Waals surface area contributed by atoms with Crippen LogP contribution in [0.3, 0.4) is 0 Å². The number of thioether (sulfide) groups is 1. The first-order chi connectivity index (χ1) is 14.8. The summed E-state index contributed by atoms with van der Waals surface area (Å²) in [7, 11) is 0. The molecule has 1 aliphatic rings. The lowest BCUT2D eigenvalue weighted by molar-refractivity contribution is -0.123. The van der Waals surface area contributed by atoms with Gasteiger partial charge in [0.25, 0.3) is 11.1 Å². The fourth-order valence-electron chi connectivity index (χ4n) is 2.98. The van der Waals surface area contributed by atoms with Crippen LogP contribution < -0.4 is 0 Å². The van der Waals surface area contributed by atoms with Crippen LogP contribution in [0.15, 0.2) is 63.9 Å². The molecule has 1 aromatic heterocycles. The molecule has 1 N–H and O–H groups in total. The smallest absolute Gasteiger partial charge is 0.335 e. The third kappa shape index (κ3) is 4.54. The second-order valence-corrected chi connectivity index (χ2v) is 8.41. The Labute approximate surface area is 191 Å². The van der Waals surface area contributed by atoms with E-state index in [-0.39, 0.29) is 17.0 Å². The van der Waals surface area contributed by atoms with Crippen molar-refractivity contribution < 1.29 is 23.9 Å². The predicted molar refractivity (Wildman–Crippen MR) is 119 cm³/mol. The number of carbonyl (C=O) groups excluding carboxylic acids is 2. The molecule has 2 heterocycles. The largest absolute Gasteiger partial charge is 0.478 e. The number of halogens is 2. The maximum atomic E-state index is 12.7. The quantitative estimate of drug-likeness (QED) is 0.444. The van der Waals surface area contributed by atoms with E-state index in [2.05, 4.69) is 0 Å². The molecule has 3 aromatic rings. The molecular formula is C22H13Cl2NO5S. The lowest BCUT2D eigenvalue weighted by Gasteiger charge is -2.12. The van der Waals surface area contributed by atoms with Crippen molar-refractivity contribution in [3.05, 3.63) is 86.4 Å². The topological polar surface area (TPSA) is 87.8 Å². The molecule has 6 nitrogen and oxygen atoms in total. The summed E-state index contributed by atoms with van der Waals surface area (Å²) in [5, 5.41) is 9.47. The van der Waals surface area contributed by atoms with Gasteiger partial charge in [-0.15, -0.1) is 0 Å². The molecule has 0 bridgehead atoms. The number of carboxylic acid groups (broad SMARTS) is 1. The third-order valence-electron chi connectivity index (χ3n) is 4.49. The highest BCUT2D eigenvalue weighted by molar-refractivity contribution is 8.18. The number of amides is 2. The first kappa shape index (κ1) is 21.2. The molecule has 2 aromatic carbocycles. The van der Waals surface area contributed by atoms with Gasteiger partial charge in [-0.25, -0.2) is 4.79 Å². The molecule has 0 unspecified atom stereocenters. The zero-order chi connectivity index (χ0) is 22.1. The number of aromatic carboxylic acids is 1. The number of benzene rings is 2. The minimum absolute atomic E-state index is 0.0737. The summed E-state index contributed by atoms with van der Waals surface area (Å²) >= 11 is 12.7. The summed E-state index contributed by atoms with van der Waals surface area (Å²) in [6, 6.07) is 14.6. The molecule has 1 saturated heterocycles. The highest BCUT2D eigenvalue weighted by Crippen LogP contribution is 2.35. The molecule has 9 heteroatoms. The normalized spacial score (nSPS) is 15.2. The number of nitrogens with zero attached hydrogens (tertiary/aromatic N) is 1. The Hall–Kier alpha value is -3.00.